The first-order chi connectivity index (χ1) is 16.7. The molecule has 6 nitrogen and oxygen atoms in total. The number of fused-ring (bicyclic) bond motifs is 3. The number of rotatable bonds is 4. The lowest BCUT2D eigenvalue weighted by Crippen LogP contribution is -2.35. The van der Waals surface area contributed by atoms with E-state index in [1.54, 1.807) is 55.1 Å². The van der Waals surface area contributed by atoms with Gasteiger partial charge in [-0.05, 0) is 77.5 Å². The maximum absolute atomic E-state index is 13.8. The third-order valence-corrected chi connectivity index (χ3v) is 9.00. The van der Waals surface area contributed by atoms with Gasteiger partial charge in [0, 0.05) is 33.2 Å². The number of sulfonamides is 1. The predicted molar refractivity (Wildman–Crippen MR) is 148 cm³/mol. The second-order valence-corrected chi connectivity index (χ2v) is 11.6. The van der Waals surface area contributed by atoms with Crippen LogP contribution in [0.5, 0.6) is 5.75 Å². The van der Waals surface area contributed by atoms with Crippen LogP contribution in [0.3, 0.4) is 0 Å². The van der Waals surface area contributed by atoms with E-state index in [2.05, 4.69) is 22.6 Å². The van der Waals surface area contributed by atoms with Crippen molar-refractivity contribution in [2.24, 2.45) is 7.05 Å². The van der Waals surface area contributed by atoms with Crippen LogP contribution >= 0.6 is 22.6 Å². The molecular formula is C27H23IN2O4S. The molecule has 0 bridgehead atoms. The lowest BCUT2D eigenvalue weighted by Gasteiger charge is -2.33. The van der Waals surface area contributed by atoms with Gasteiger partial charge in [-0.3, -0.25) is 9.10 Å². The predicted octanol–water partition coefficient (Wildman–Crippen LogP) is 5.26. The smallest absolute Gasteiger partial charge is 0.264 e. The Bertz CT molecular complexity index is 1650. The summed E-state index contributed by atoms with van der Waals surface area (Å²) < 4.78 is 36.9. The number of benzene rings is 3. The molecule has 2 heterocycles. The largest absolute Gasteiger partial charge is 0.497 e. The number of aryl methyl sites for hydroxylation is 2. The van der Waals surface area contributed by atoms with Crippen molar-refractivity contribution in [3.63, 3.8) is 0 Å². The van der Waals surface area contributed by atoms with E-state index in [0.29, 0.717) is 5.69 Å². The molecule has 4 aromatic rings. The number of hydrogen-bond acceptors (Lipinski definition) is 4. The van der Waals surface area contributed by atoms with Crippen molar-refractivity contribution in [2.75, 3.05) is 18.0 Å². The van der Waals surface area contributed by atoms with Crippen LogP contribution in [0.15, 0.2) is 86.1 Å². The molecule has 0 aliphatic carbocycles. The van der Waals surface area contributed by atoms with Crippen molar-refractivity contribution < 1.29 is 13.2 Å². The molecule has 3 aromatic carbocycles. The van der Waals surface area contributed by atoms with Gasteiger partial charge in [-0.15, -0.1) is 0 Å². The van der Waals surface area contributed by atoms with Crippen LogP contribution in [0.1, 0.15) is 16.7 Å². The number of ether oxygens (including phenoxy) is 1. The molecule has 5 rings (SSSR count). The van der Waals surface area contributed by atoms with E-state index in [-0.39, 0.29) is 17.0 Å². The van der Waals surface area contributed by atoms with E-state index in [0.717, 1.165) is 42.5 Å². The third kappa shape index (κ3) is 3.94. The molecule has 1 aromatic heterocycles. The molecule has 0 spiro atoms. The minimum atomic E-state index is -3.82. The molecule has 8 heteroatoms. The second-order valence-electron chi connectivity index (χ2n) is 8.46. The van der Waals surface area contributed by atoms with Gasteiger partial charge in [-0.2, -0.15) is 0 Å². The zero-order valence-electron chi connectivity index (χ0n) is 19.4. The Kier molecular flexibility index (Phi) is 5.96. The fourth-order valence-corrected chi connectivity index (χ4v) is 7.05. The summed E-state index contributed by atoms with van der Waals surface area (Å²) in [6.45, 7) is 2.14. The maximum atomic E-state index is 13.8. The highest BCUT2D eigenvalue weighted by molar-refractivity contribution is 14.1. The molecular weight excluding hydrogens is 575 g/mol. The van der Waals surface area contributed by atoms with Gasteiger partial charge in [0.1, 0.15) is 5.75 Å². The van der Waals surface area contributed by atoms with Crippen LogP contribution in [0.25, 0.3) is 16.5 Å². The van der Waals surface area contributed by atoms with E-state index >= 15 is 0 Å². The SMILES string of the molecule is COc1ccc(C2=C(I)CN(S(=O)(=O)c3ccc(C)cc3)c3ccc4c(ccc(=O)n4C)c32)cc1. The fraction of sp³-hybridized carbons (Fsp3) is 0.148. The molecule has 0 radical (unpaired) electrons. The minimum Gasteiger partial charge on any atom is -0.497 e. The number of halogens is 1. The zero-order valence-corrected chi connectivity index (χ0v) is 22.4. The zero-order chi connectivity index (χ0) is 24.9. The average molecular weight is 598 g/mol. The van der Waals surface area contributed by atoms with E-state index in [4.69, 9.17) is 4.74 Å². The quantitative estimate of drug-likeness (QED) is 0.301. The Balaban J connectivity index is 1.81. The monoisotopic (exact) mass is 598 g/mol. The van der Waals surface area contributed by atoms with Gasteiger partial charge in [0.2, 0.25) is 0 Å². The van der Waals surface area contributed by atoms with Gasteiger partial charge in [0.25, 0.3) is 15.6 Å². The molecule has 1 aliphatic heterocycles. The molecule has 0 saturated carbocycles. The number of aromatic nitrogens is 1. The van der Waals surface area contributed by atoms with Gasteiger partial charge in [0.05, 0.1) is 29.8 Å². The molecule has 178 valence electrons. The van der Waals surface area contributed by atoms with Crippen LogP contribution in [0, 0.1) is 6.92 Å². The van der Waals surface area contributed by atoms with Gasteiger partial charge in [-0.1, -0.05) is 29.8 Å². The van der Waals surface area contributed by atoms with E-state index in [1.165, 1.54) is 10.4 Å². The Hall–Kier alpha value is -3.11. The summed E-state index contributed by atoms with van der Waals surface area (Å²) in [6.07, 6.45) is 0. The van der Waals surface area contributed by atoms with Crippen molar-refractivity contribution >= 4 is 54.8 Å². The lowest BCUT2D eigenvalue weighted by atomic mass is 9.90. The minimum absolute atomic E-state index is 0.123. The standard InChI is InChI=1S/C27H23IN2O4S/c1-17-4-10-20(11-5-17)35(32,33)30-16-22(28)26(18-6-8-19(34-3)9-7-18)27-21-12-15-25(31)29(2)23(21)13-14-24(27)30/h4-15H,16H2,1-3H3. The summed E-state index contributed by atoms with van der Waals surface area (Å²) in [5, 5.41) is 0.813. The number of nitrogens with zero attached hydrogens (tertiary/aromatic N) is 2. The van der Waals surface area contributed by atoms with Crippen molar-refractivity contribution in [3.05, 3.63) is 103 Å². The van der Waals surface area contributed by atoms with Crippen LogP contribution in [-0.4, -0.2) is 26.6 Å². The van der Waals surface area contributed by atoms with Gasteiger partial charge >= 0.3 is 0 Å². The van der Waals surface area contributed by atoms with Crippen LogP contribution < -0.4 is 14.6 Å². The number of pyridine rings is 1. The Labute approximate surface area is 217 Å². The van der Waals surface area contributed by atoms with Crippen molar-refractivity contribution in [1.82, 2.24) is 4.57 Å². The molecule has 0 amide bonds. The molecule has 0 unspecified atom stereocenters. The van der Waals surface area contributed by atoms with E-state index < -0.39 is 10.0 Å². The summed E-state index contributed by atoms with van der Waals surface area (Å²) in [5.74, 6) is 0.740. The first kappa shape index (κ1) is 23.6. The van der Waals surface area contributed by atoms with Crippen molar-refractivity contribution in [2.45, 2.75) is 11.8 Å². The summed E-state index contributed by atoms with van der Waals surface area (Å²) in [5.41, 5.74) is 4.87. The van der Waals surface area contributed by atoms with E-state index in [9.17, 15) is 13.2 Å². The summed E-state index contributed by atoms with van der Waals surface area (Å²) in [6, 6.07) is 21.5. The molecule has 1 aliphatic rings. The van der Waals surface area contributed by atoms with Crippen molar-refractivity contribution in [3.8, 4) is 5.75 Å². The Morgan fingerprint density at radius 2 is 1.60 bits per heavy atom. The maximum Gasteiger partial charge on any atom is 0.264 e. The number of anilines is 1. The molecule has 0 N–H and O–H groups in total. The van der Waals surface area contributed by atoms with Gasteiger partial charge < -0.3 is 9.30 Å². The second kappa shape index (κ2) is 8.83. The normalized spacial score (nSPS) is 13.8. The summed E-state index contributed by atoms with van der Waals surface area (Å²) in [7, 11) is -0.477. The molecule has 0 fully saturated rings. The number of hydrogen-bond donors (Lipinski definition) is 0. The highest BCUT2D eigenvalue weighted by Crippen LogP contribution is 2.46. The molecule has 0 atom stereocenters. The average Bonchev–Trinajstić information content (AvgIpc) is 2.86. The Morgan fingerprint density at radius 1 is 0.914 bits per heavy atom. The lowest BCUT2D eigenvalue weighted by molar-refractivity contribution is 0.415. The first-order valence-electron chi connectivity index (χ1n) is 11.0. The fourth-order valence-electron chi connectivity index (χ4n) is 4.45. The van der Waals surface area contributed by atoms with Crippen LogP contribution in [0.4, 0.5) is 5.69 Å². The van der Waals surface area contributed by atoms with Gasteiger partial charge in [0.15, 0.2) is 0 Å². The highest BCUT2D eigenvalue weighted by Gasteiger charge is 2.34. The summed E-state index contributed by atoms with van der Waals surface area (Å²) in [4.78, 5) is 12.6. The van der Waals surface area contributed by atoms with Gasteiger partial charge in [-0.25, -0.2) is 8.42 Å². The highest BCUT2D eigenvalue weighted by atomic mass is 127. The van der Waals surface area contributed by atoms with E-state index in [1.807, 2.05) is 37.3 Å². The Morgan fingerprint density at radius 3 is 2.26 bits per heavy atom. The number of methoxy groups -OCH3 is 1. The molecule has 0 saturated heterocycles. The van der Waals surface area contributed by atoms with Crippen LogP contribution in [0.2, 0.25) is 0 Å². The summed E-state index contributed by atoms with van der Waals surface area (Å²) >= 11 is 2.24. The van der Waals surface area contributed by atoms with Crippen LogP contribution in [-0.2, 0) is 17.1 Å². The third-order valence-electron chi connectivity index (χ3n) is 6.35. The van der Waals surface area contributed by atoms with Crippen molar-refractivity contribution in [1.29, 1.82) is 0 Å². The molecule has 35 heavy (non-hydrogen) atoms. The topological polar surface area (TPSA) is 68.6 Å². The first-order valence-corrected chi connectivity index (χ1v) is 13.5.